The molecular weight excluding hydrogens is 329 g/mol. The minimum atomic E-state index is -4.57. The van der Waals surface area contributed by atoms with Crippen molar-refractivity contribution in [1.29, 1.82) is 0 Å². The van der Waals surface area contributed by atoms with Crippen molar-refractivity contribution in [3.8, 4) is 0 Å². The third kappa shape index (κ3) is 2.23. The summed E-state index contributed by atoms with van der Waals surface area (Å²) < 4.78 is 41.1. The second-order valence-electron chi connectivity index (χ2n) is 9.21. The monoisotopic (exact) mass is 356 g/mol. The van der Waals surface area contributed by atoms with Gasteiger partial charge in [0, 0.05) is 11.8 Å². The lowest BCUT2D eigenvalue weighted by molar-refractivity contribution is -0.303. The molecule has 0 unspecified atom stereocenters. The number of hydrogen-bond acceptors (Lipinski definition) is 2. The number of ketones is 1. The van der Waals surface area contributed by atoms with E-state index in [-0.39, 0.29) is 30.0 Å². The summed E-state index contributed by atoms with van der Waals surface area (Å²) >= 11 is 0. The zero-order chi connectivity index (χ0) is 18.2. The van der Waals surface area contributed by atoms with E-state index >= 15 is 0 Å². The smallest absolute Gasteiger partial charge is 0.380 e. The van der Waals surface area contributed by atoms with Gasteiger partial charge < -0.3 is 5.11 Å². The first-order chi connectivity index (χ1) is 11.6. The average Bonchev–Trinajstić information content (AvgIpc) is 2.79. The van der Waals surface area contributed by atoms with Crippen molar-refractivity contribution in [3.05, 3.63) is 11.6 Å². The van der Waals surface area contributed by atoms with Crippen LogP contribution in [0.5, 0.6) is 0 Å². The lowest BCUT2D eigenvalue weighted by atomic mass is 9.48. The van der Waals surface area contributed by atoms with Gasteiger partial charge in [0.1, 0.15) is 0 Å². The fourth-order valence-electron chi connectivity index (χ4n) is 7.07. The van der Waals surface area contributed by atoms with E-state index in [1.54, 1.807) is 6.92 Å². The lowest BCUT2D eigenvalue weighted by Crippen LogP contribution is -2.60. The molecule has 4 rings (SSSR count). The molecule has 3 saturated carbocycles. The lowest BCUT2D eigenvalue weighted by Gasteiger charge is -2.57. The van der Waals surface area contributed by atoms with Crippen LogP contribution in [-0.2, 0) is 4.79 Å². The maximum absolute atomic E-state index is 13.7. The van der Waals surface area contributed by atoms with Crippen molar-refractivity contribution >= 4 is 5.78 Å². The van der Waals surface area contributed by atoms with Crippen LogP contribution < -0.4 is 0 Å². The molecule has 0 aromatic heterocycles. The van der Waals surface area contributed by atoms with Crippen molar-refractivity contribution in [2.45, 2.75) is 70.6 Å². The second-order valence-corrected chi connectivity index (χ2v) is 9.21. The highest BCUT2D eigenvalue weighted by Crippen LogP contribution is 2.68. The van der Waals surface area contributed by atoms with E-state index in [0.29, 0.717) is 31.1 Å². The molecule has 5 heteroatoms. The highest BCUT2D eigenvalue weighted by molar-refractivity contribution is 5.91. The molecule has 0 amide bonds. The van der Waals surface area contributed by atoms with Crippen molar-refractivity contribution in [3.63, 3.8) is 0 Å². The Morgan fingerprint density at radius 1 is 1.20 bits per heavy atom. The number of carbonyl (C=O) groups excluding carboxylic acids is 1. The fraction of sp³-hybridized carbons (Fsp3) is 0.850. The molecular formula is C20H27F3O2. The fourth-order valence-corrected chi connectivity index (χ4v) is 7.07. The summed E-state index contributed by atoms with van der Waals surface area (Å²) in [6, 6.07) is 0. The molecule has 0 aromatic rings. The number of hydrogen-bond donors (Lipinski definition) is 1. The van der Waals surface area contributed by atoms with Crippen LogP contribution in [0.1, 0.15) is 58.8 Å². The quantitative estimate of drug-likeness (QED) is 0.685. The molecule has 1 N–H and O–H groups in total. The van der Waals surface area contributed by atoms with E-state index < -0.39 is 17.2 Å². The topological polar surface area (TPSA) is 37.3 Å². The molecule has 4 aliphatic carbocycles. The Morgan fingerprint density at radius 3 is 2.60 bits per heavy atom. The van der Waals surface area contributed by atoms with Gasteiger partial charge in [-0.05, 0) is 74.2 Å². The van der Waals surface area contributed by atoms with Gasteiger partial charge >= 0.3 is 6.18 Å². The molecule has 0 saturated heterocycles. The first kappa shape index (κ1) is 17.6. The summed E-state index contributed by atoms with van der Waals surface area (Å²) in [5.41, 5.74) is -2.39. The first-order valence-corrected chi connectivity index (χ1v) is 9.61. The Bertz CT molecular complexity index is 625. The van der Waals surface area contributed by atoms with E-state index in [4.69, 9.17) is 0 Å². The highest BCUT2D eigenvalue weighted by atomic mass is 19.4. The Balaban J connectivity index is 1.70. The van der Waals surface area contributed by atoms with Crippen molar-refractivity contribution in [1.82, 2.24) is 0 Å². The second kappa shape index (κ2) is 5.34. The Kier molecular flexibility index (Phi) is 3.75. The molecule has 7 atom stereocenters. The van der Waals surface area contributed by atoms with Crippen molar-refractivity contribution in [2.75, 3.05) is 0 Å². The van der Waals surface area contributed by atoms with Gasteiger partial charge in [-0.3, -0.25) is 4.79 Å². The third-order valence-electron chi connectivity index (χ3n) is 8.26. The van der Waals surface area contributed by atoms with Gasteiger partial charge in [0.05, 0.1) is 0 Å². The van der Waals surface area contributed by atoms with Gasteiger partial charge in [-0.15, -0.1) is 0 Å². The first-order valence-electron chi connectivity index (χ1n) is 9.61. The van der Waals surface area contributed by atoms with Crippen LogP contribution >= 0.6 is 0 Å². The van der Waals surface area contributed by atoms with Crippen LogP contribution in [0, 0.1) is 35.0 Å². The molecule has 2 nitrogen and oxygen atoms in total. The molecule has 0 aliphatic heterocycles. The zero-order valence-corrected chi connectivity index (χ0v) is 14.9. The van der Waals surface area contributed by atoms with Gasteiger partial charge in [0.15, 0.2) is 11.4 Å². The third-order valence-corrected chi connectivity index (χ3v) is 8.26. The van der Waals surface area contributed by atoms with Crippen LogP contribution in [0.2, 0.25) is 0 Å². The largest absolute Gasteiger partial charge is 0.417 e. The van der Waals surface area contributed by atoms with E-state index in [1.807, 2.05) is 6.08 Å². The summed E-state index contributed by atoms with van der Waals surface area (Å²) in [4.78, 5) is 11.8. The van der Waals surface area contributed by atoms with E-state index in [0.717, 1.165) is 19.3 Å². The Morgan fingerprint density at radius 2 is 1.92 bits per heavy atom. The van der Waals surface area contributed by atoms with Crippen LogP contribution in [0.4, 0.5) is 13.2 Å². The minimum Gasteiger partial charge on any atom is -0.380 e. The molecule has 140 valence electrons. The predicted octanol–water partition coefficient (Wildman–Crippen LogP) is 4.67. The van der Waals surface area contributed by atoms with Gasteiger partial charge in [-0.1, -0.05) is 19.4 Å². The number of fused-ring (bicyclic) bond motifs is 5. The number of carbonyl (C=O) groups is 1. The van der Waals surface area contributed by atoms with Crippen LogP contribution in [0.15, 0.2) is 11.6 Å². The average molecular weight is 356 g/mol. The van der Waals surface area contributed by atoms with Gasteiger partial charge in [-0.25, -0.2) is 0 Å². The number of aliphatic hydroxyl groups is 1. The van der Waals surface area contributed by atoms with Crippen molar-refractivity contribution in [2.24, 2.45) is 35.0 Å². The molecule has 3 fully saturated rings. The summed E-state index contributed by atoms with van der Waals surface area (Å²) in [6.45, 7) is 3.81. The molecule has 0 aromatic carbocycles. The predicted molar refractivity (Wildman–Crippen MR) is 87.6 cm³/mol. The molecule has 25 heavy (non-hydrogen) atoms. The SMILES string of the molecule is C[C@@H]1CC2=CC(=O)CC[C@@H]2[C@H]2CC[C@@]3(C)[C@@H](CC[C@@]3(O)C(F)(F)F)[C@@H]21. The normalized spacial score (nSPS) is 49.9. The molecule has 0 radical (unpaired) electrons. The molecule has 0 spiro atoms. The van der Waals surface area contributed by atoms with E-state index in [1.165, 1.54) is 5.57 Å². The standard InChI is InChI=1S/C20H27F3O2/c1-11-9-12-10-13(24)3-4-14(12)15-5-7-18(2)16(17(11)15)6-8-19(18,25)20(21,22)23/h10-11,14-17,25H,3-9H2,1-2H3/t11-,14+,15-,16+,17-,18+,19+/m1/s1. The Hall–Kier alpha value is -0.840. The van der Waals surface area contributed by atoms with Gasteiger partial charge in [-0.2, -0.15) is 13.2 Å². The van der Waals surface area contributed by atoms with Crippen LogP contribution in [0.3, 0.4) is 0 Å². The van der Waals surface area contributed by atoms with Gasteiger partial charge in [0.2, 0.25) is 0 Å². The summed E-state index contributed by atoms with van der Waals surface area (Å²) in [5.74, 6) is 1.36. The Labute approximate surface area is 146 Å². The molecule has 0 bridgehead atoms. The summed E-state index contributed by atoms with van der Waals surface area (Å²) in [5, 5.41) is 10.6. The van der Waals surface area contributed by atoms with E-state index in [2.05, 4.69) is 6.92 Å². The van der Waals surface area contributed by atoms with E-state index in [9.17, 15) is 23.1 Å². The minimum absolute atomic E-state index is 0.0768. The maximum Gasteiger partial charge on any atom is 0.417 e. The molecule has 0 heterocycles. The van der Waals surface area contributed by atoms with Crippen LogP contribution in [0.25, 0.3) is 0 Å². The number of halogens is 3. The van der Waals surface area contributed by atoms with Crippen molar-refractivity contribution < 1.29 is 23.1 Å². The highest BCUT2D eigenvalue weighted by Gasteiger charge is 2.72. The number of rotatable bonds is 0. The maximum atomic E-state index is 13.7. The van der Waals surface area contributed by atoms with Crippen LogP contribution in [-0.4, -0.2) is 22.7 Å². The summed E-state index contributed by atoms with van der Waals surface area (Å²) in [6.07, 6.45) is 0.956. The number of alkyl halides is 3. The molecule has 4 aliphatic rings. The number of allylic oxidation sites excluding steroid dienone is 1. The van der Waals surface area contributed by atoms with Gasteiger partial charge in [0.25, 0.3) is 0 Å². The zero-order valence-electron chi connectivity index (χ0n) is 14.9. The summed E-state index contributed by atoms with van der Waals surface area (Å²) in [7, 11) is 0.